The molecule has 0 spiro atoms. The molecule has 0 aliphatic carbocycles. The largest absolute Gasteiger partial charge is 0.285 e. The molecule has 9 heteroatoms. The SMILES string of the molecule is Cl.O=S(=O)(O)CS(=O)(=O)O. The van der Waals surface area contributed by atoms with Gasteiger partial charge in [0.05, 0.1) is 0 Å². The summed E-state index contributed by atoms with van der Waals surface area (Å²) in [5.74, 6) is 0. The van der Waals surface area contributed by atoms with Crippen molar-refractivity contribution in [1.29, 1.82) is 0 Å². The molecule has 0 bridgehead atoms. The van der Waals surface area contributed by atoms with Gasteiger partial charge in [0.2, 0.25) is 5.08 Å². The molecule has 0 aliphatic rings. The zero-order valence-corrected chi connectivity index (χ0v) is 6.91. The van der Waals surface area contributed by atoms with Gasteiger partial charge >= 0.3 is 0 Å². The van der Waals surface area contributed by atoms with Crippen molar-refractivity contribution in [2.75, 3.05) is 5.08 Å². The quantitative estimate of drug-likeness (QED) is 0.577. The van der Waals surface area contributed by atoms with Crippen LogP contribution in [0.2, 0.25) is 0 Å². The van der Waals surface area contributed by atoms with Gasteiger partial charge < -0.3 is 0 Å². The van der Waals surface area contributed by atoms with Crippen LogP contribution in [-0.4, -0.2) is 31.0 Å². The van der Waals surface area contributed by atoms with Crippen molar-refractivity contribution in [3.63, 3.8) is 0 Å². The lowest BCUT2D eigenvalue weighted by Gasteiger charge is -1.89. The molecule has 0 saturated carbocycles. The Morgan fingerprint density at radius 3 is 1.10 bits per heavy atom. The van der Waals surface area contributed by atoms with Crippen LogP contribution in [0.3, 0.4) is 0 Å². The molecule has 0 radical (unpaired) electrons. The van der Waals surface area contributed by atoms with Gasteiger partial charge in [-0.2, -0.15) is 16.8 Å². The molecule has 0 rings (SSSR count). The van der Waals surface area contributed by atoms with Gasteiger partial charge in [0.25, 0.3) is 20.2 Å². The summed E-state index contributed by atoms with van der Waals surface area (Å²) in [7, 11) is -9.24. The first-order chi connectivity index (χ1) is 3.71. The van der Waals surface area contributed by atoms with E-state index in [2.05, 4.69) is 0 Å². The van der Waals surface area contributed by atoms with E-state index in [4.69, 9.17) is 9.11 Å². The summed E-state index contributed by atoms with van der Waals surface area (Å²) in [6.07, 6.45) is 0. The van der Waals surface area contributed by atoms with Crippen molar-refractivity contribution in [2.45, 2.75) is 0 Å². The third-order valence-electron chi connectivity index (χ3n) is 0.298. The van der Waals surface area contributed by atoms with Gasteiger partial charge in [-0.3, -0.25) is 9.11 Å². The Kier molecular flexibility index (Phi) is 4.45. The monoisotopic (exact) mass is 212 g/mol. The van der Waals surface area contributed by atoms with Gasteiger partial charge in [-0.15, -0.1) is 12.4 Å². The van der Waals surface area contributed by atoms with E-state index in [0.717, 1.165) is 0 Å². The minimum absolute atomic E-state index is 0. The molecule has 0 aromatic heterocycles. The average molecular weight is 213 g/mol. The molecule has 0 fully saturated rings. The topological polar surface area (TPSA) is 109 Å². The van der Waals surface area contributed by atoms with Crippen LogP contribution in [0, 0.1) is 0 Å². The molecular formula is CH5ClO6S2. The number of hydrogen-bond donors (Lipinski definition) is 2. The van der Waals surface area contributed by atoms with Gasteiger partial charge in [-0.25, -0.2) is 0 Å². The van der Waals surface area contributed by atoms with E-state index in [1.54, 1.807) is 0 Å². The van der Waals surface area contributed by atoms with Crippen LogP contribution < -0.4 is 0 Å². The van der Waals surface area contributed by atoms with E-state index in [0.29, 0.717) is 0 Å². The molecule has 0 unspecified atom stereocenters. The lowest BCUT2D eigenvalue weighted by atomic mass is 11.9. The second-order valence-electron chi connectivity index (χ2n) is 1.28. The van der Waals surface area contributed by atoms with Gasteiger partial charge in [-0.05, 0) is 0 Å². The van der Waals surface area contributed by atoms with Crippen molar-refractivity contribution in [2.24, 2.45) is 0 Å². The molecule has 10 heavy (non-hydrogen) atoms. The molecule has 0 heterocycles. The summed E-state index contributed by atoms with van der Waals surface area (Å²) >= 11 is 0. The average Bonchev–Trinajstić information content (AvgIpc) is 1.14. The van der Waals surface area contributed by atoms with Crippen LogP contribution in [0.15, 0.2) is 0 Å². The Labute approximate surface area is 64.1 Å². The highest BCUT2D eigenvalue weighted by atomic mass is 35.5. The number of rotatable bonds is 2. The van der Waals surface area contributed by atoms with Crippen molar-refractivity contribution in [3.8, 4) is 0 Å². The minimum atomic E-state index is -4.62. The Hall–Kier alpha value is 0.110. The second-order valence-corrected chi connectivity index (χ2v) is 4.55. The predicted octanol–water partition coefficient (Wildman–Crippen LogP) is -0.859. The van der Waals surface area contributed by atoms with E-state index in [-0.39, 0.29) is 12.4 Å². The lowest BCUT2D eigenvalue weighted by molar-refractivity contribution is 0.471. The van der Waals surface area contributed by atoms with E-state index in [1.165, 1.54) is 0 Å². The standard InChI is InChI=1S/CH4O6S2.ClH/c2-8(3,4)1-9(5,6)7;/h1H2,(H,2,3,4)(H,5,6,7);1H. The summed E-state index contributed by atoms with van der Waals surface area (Å²) in [6, 6.07) is 0. The summed E-state index contributed by atoms with van der Waals surface area (Å²) in [5.41, 5.74) is 0. The lowest BCUT2D eigenvalue weighted by Crippen LogP contribution is -2.13. The fraction of sp³-hybridized carbons (Fsp3) is 1.00. The number of halogens is 1. The number of hydrogen-bond acceptors (Lipinski definition) is 4. The van der Waals surface area contributed by atoms with Crippen LogP contribution in [-0.2, 0) is 20.2 Å². The fourth-order valence-corrected chi connectivity index (χ4v) is 1.69. The van der Waals surface area contributed by atoms with Crippen LogP contribution >= 0.6 is 12.4 Å². The minimum Gasteiger partial charge on any atom is -0.285 e. The van der Waals surface area contributed by atoms with Crippen LogP contribution in [0.1, 0.15) is 0 Å². The van der Waals surface area contributed by atoms with Crippen LogP contribution in [0.4, 0.5) is 0 Å². The second kappa shape index (κ2) is 3.49. The maximum atomic E-state index is 9.66. The Bertz CT molecular complexity index is 241. The third-order valence-corrected chi connectivity index (χ3v) is 2.68. The van der Waals surface area contributed by atoms with E-state index in [9.17, 15) is 16.8 Å². The Balaban J connectivity index is 0. The molecule has 0 aromatic carbocycles. The zero-order chi connectivity index (χ0) is 7.71. The first-order valence-electron chi connectivity index (χ1n) is 1.61. The smallest absolute Gasteiger partial charge is 0.281 e. The first-order valence-corrected chi connectivity index (χ1v) is 4.83. The van der Waals surface area contributed by atoms with Gasteiger partial charge in [0.1, 0.15) is 0 Å². The van der Waals surface area contributed by atoms with Gasteiger partial charge in [-0.1, -0.05) is 0 Å². The Morgan fingerprint density at radius 1 is 0.900 bits per heavy atom. The maximum absolute atomic E-state index is 9.66. The van der Waals surface area contributed by atoms with E-state index < -0.39 is 25.3 Å². The van der Waals surface area contributed by atoms with Crippen molar-refractivity contribution in [1.82, 2.24) is 0 Å². The summed E-state index contributed by atoms with van der Waals surface area (Å²) in [4.78, 5) is 0. The van der Waals surface area contributed by atoms with Crippen LogP contribution in [0.5, 0.6) is 0 Å². The molecule has 0 atom stereocenters. The summed E-state index contributed by atoms with van der Waals surface area (Å²) in [5, 5.41) is -1.65. The molecule has 6 nitrogen and oxygen atoms in total. The zero-order valence-electron chi connectivity index (χ0n) is 4.46. The van der Waals surface area contributed by atoms with E-state index in [1.807, 2.05) is 0 Å². The van der Waals surface area contributed by atoms with Gasteiger partial charge in [0, 0.05) is 0 Å². The highest BCUT2D eigenvalue weighted by Crippen LogP contribution is 1.88. The van der Waals surface area contributed by atoms with Crippen LogP contribution in [0.25, 0.3) is 0 Å². The van der Waals surface area contributed by atoms with Gasteiger partial charge in [0.15, 0.2) is 0 Å². The molecule has 2 N–H and O–H groups in total. The highest BCUT2D eigenvalue weighted by Gasteiger charge is 2.15. The Morgan fingerprint density at radius 2 is 1.10 bits per heavy atom. The maximum Gasteiger partial charge on any atom is 0.281 e. The van der Waals surface area contributed by atoms with Crippen molar-refractivity contribution < 1.29 is 25.9 Å². The predicted molar refractivity (Wildman–Crippen MR) is 35.2 cm³/mol. The first kappa shape index (κ1) is 12.8. The molecule has 0 aromatic rings. The molecule has 0 saturated heterocycles. The van der Waals surface area contributed by atoms with Crippen molar-refractivity contribution >= 4 is 32.6 Å². The molecule has 64 valence electrons. The molecular weight excluding hydrogens is 208 g/mol. The summed E-state index contributed by atoms with van der Waals surface area (Å²) in [6.45, 7) is 0. The highest BCUT2D eigenvalue weighted by molar-refractivity contribution is 8.02. The van der Waals surface area contributed by atoms with Crippen molar-refractivity contribution in [3.05, 3.63) is 0 Å². The third kappa shape index (κ3) is 11.0. The normalized spacial score (nSPS) is 12.2. The molecule has 0 amide bonds. The molecule has 0 aliphatic heterocycles. The fourth-order valence-electron chi connectivity index (χ4n) is 0.188. The van der Waals surface area contributed by atoms with E-state index >= 15 is 0 Å². The summed E-state index contributed by atoms with van der Waals surface area (Å²) < 4.78 is 54.2.